The van der Waals surface area contributed by atoms with Crippen LogP contribution in [0.3, 0.4) is 0 Å². The summed E-state index contributed by atoms with van der Waals surface area (Å²) in [7, 11) is 0. The second-order valence-corrected chi connectivity index (χ2v) is 5.61. The lowest BCUT2D eigenvalue weighted by atomic mass is 10.1. The molecule has 0 bridgehead atoms. The number of para-hydroxylation sites is 2. The van der Waals surface area contributed by atoms with Crippen molar-refractivity contribution in [3.8, 4) is 11.5 Å². The van der Waals surface area contributed by atoms with Gasteiger partial charge in [0.15, 0.2) is 5.58 Å². The molecule has 106 valence electrons. The van der Waals surface area contributed by atoms with Crippen LogP contribution in [0.4, 0.5) is 11.4 Å². The van der Waals surface area contributed by atoms with Gasteiger partial charge in [-0.15, -0.1) is 0 Å². The molecule has 1 aliphatic carbocycles. The fourth-order valence-electron chi connectivity index (χ4n) is 2.43. The lowest BCUT2D eigenvalue weighted by Gasteiger charge is -2.09. The minimum atomic E-state index is 0.608. The highest BCUT2D eigenvalue weighted by Crippen LogP contribution is 2.32. The Balaban J connectivity index is 1.63. The van der Waals surface area contributed by atoms with Crippen molar-refractivity contribution in [2.75, 3.05) is 17.6 Å². The number of anilines is 2. The van der Waals surface area contributed by atoms with Crippen LogP contribution in [-0.2, 0) is 0 Å². The van der Waals surface area contributed by atoms with Crippen LogP contribution in [0.1, 0.15) is 12.8 Å². The quantitative estimate of drug-likeness (QED) is 0.711. The molecule has 4 rings (SSSR count). The molecule has 21 heavy (non-hydrogen) atoms. The van der Waals surface area contributed by atoms with Gasteiger partial charge in [0.1, 0.15) is 5.52 Å². The third-order valence-corrected chi connectivity index (χ3v) is 3.87. The van der Waals surface area contributed by atoms with E-state index >= 15 is 0 Å². The van der Waals surface area contributed by atoms with Crippen molar-refractivity contribution < 1.29 is 4.42 Å². The first-order chi connectivity index (χ1) is 10.3. The van der Waals surface area contributed by atoms with Crippen molar-refractivity contribution in [1.29, 1.82) is 0 Å². The number of nitrogens with two attached hydrogens (primary N) is 1. The summed E-state index contributed by atoms with van der Waals surface area (Å²) < 4.78 is 5.77. The highest BCUT2D eigenvalue weighted by atomic mass is 16.3. The van der Waals surface area contributed by atoms with Crippen molar-refractivity contribution in [1.82, 2.24) is 4.98 Å². The maximum atomic E-state index is 6.13. The van der Waals surface area contributed by atoms with Crippen molar-refractivity contribution in [3.63, 3.8) is 0 Å². The summed E-state index contributed by atoms with van der Waals surface area (Å²) >= 11 is 0. The molecule has 1 saturated carbocycles. The van der Waals surface area contributed by atoms with Crippen LogP contribution < -0.4 is 11.1 Å². The second kappa shape index (κ2) is 4.81. The lowest BCUT2D eigenvalue weighted by molar-refractivity contribution is 0.620. The Kier molecular flexibility index (Phi) is 2.81. The number of hydrogen-bond acceptors (Lipinski definition) is 4. The van der Waals surface area contributed by atoms with Crippen LogP contribution in [-0.4, -0.2) is 11.5 Å². The number of fused-ring (bicyclic) bond motifs is 1. The molecule has 0 amide bonds. The summed E-state index contributed by atoms with van der Waals surface area (Å²) in [4.78, 5) is 4.50. The molecule has 1 heterocycles. The number of hydrogen-bond donors (Lipinski definition) is 2. The van der Waals surface area contributed by atoms with Crippen LogP contribution >= 0.6 is 0 Å². The van der Waals surface area contributed by atoms with E-state index in [1.165, 1.54) is 12.8 Å². The lowest BCUT2D eigenvalue weighted by Crippen LogP contribution is -2.05. The Morgan fingerprint density at radius 1 is 1.19 bits per heavy atom. The van der Waals surface area contributed by atoms with Crippen LogP contribution in [0.5, 0.6) is 0 Å². The molecule has 2 aromatic carbocycles. The minimum absolute atomic E-state index is 0.608. The molecule has 1 aromatic heterocycles. The third-order valence-electron chi connectivity index (χ3n) is 3.87. The molecule has 0 unspecified atom stereocenters. The van der Waals surface area contributed by atoms with E-state index in [0.717, 1.165) is 40.5 Å². The molecule has 0 atom stereocenters. The maximum absolute atomic E-state index is 6.13. The van der Waals surface area contributed by atoms with E-state index in [9.17, 15) is 0 Å². The second-order valence-electron chi connectivity index (χ2n) is 5.61. The Morgan fingerprint density at radius 2 is 2.05 bits per heavy atom. The molecule has 3 N–H and O–H groups in total. The van der Waals surface area contributed by atoms with Gasteiger partial charge in [-0.3, -0.25) is 0 Å². The smallest absolute Gasteiger partial charge is 0.227 e. The van der Waals surface area contributed by atoms with E-state index in [1.807, 2.05) is 42.5 Å². The largest absolute Gasteiger partial charge is 0.436 e. The average Bonchev–Trinajstić information content (AvgIpc) is 3.22. The standard InChI is InChI=1S/C17H17N3O/c18-13-9-12(7-8-14(13)19-10-11-5-6-11)17-20-15-3-1-2-4-16(15)21-17/h1-4,7-9,11,19H,5-6,10,18H2. The predicted molar refractivity (Wildman–Crippen MR) is 85.1 cm³/mol. The van der Waals surface area contributed by atoms with Crippen LogP contribution in [0.2, 0.25) is 0 Å². The molecule has 3 aromatic rings. The minimum Gasteiger partial charge on any atom is -0.436 e. The van der Waals surface area contributed by atoms with Gasteiger partial charge in [0.2, 0.25) is 5.89 Å². The van der Waals surface area contributed by atoms with Crippen molar-refractivity contribution in [2.24, 2.45) is 5.92 Å². The summed E-state index contributed by atoms with van der Waals surface area (Å²) in [5.41, 5.74) is 10.4. The Hall–Kier alpha value is -2.49. The van der Waals surface area contributed by atoms with Gasteiger partial charge in [0.25, 0.3) is 0 Å². The highest BCUT2D eigenvalue weighted by molar-refractivity contribution is 5.78. The zero-order chi connectivity index (χ0) is 14.2. The zero-order valence-corrected chi connectivity index (χ0v) is 11.7. The number of nitrogens with zero attached hydrogens (tertiary/aromatic N) is 1. The fourth-order valence-corrected chi connectivity index (χ4v) is 2.43. The fraction of sp³-hybridized carbons (Fsp3) is 0.235. The molecule has 4 nitrogen and oxygen atoms in total. The predicted octanol–water partition coefficient (Wildman–Crippen LogP) is 3.90. The first-order valence-electron chi connectivity index (χ1n) is 7.29. The first kappa shape index (κ1) is 12.3. The van der Waals surface area contributed by atoms with Gasteiger partial charge >= 0.3 is 0 Å². The number of benzene rings is 2. The SMILES string of the molecule is Nc1cc(-c2nc3ccccc3o2)ccc1NCC1CC1. The van der Waals surface area contributed by atoms with Crippen LogP contribution in [0.15, 0.2) is 46.9 Å². The number of nitrogens with one attached hydrogen (secondary N) is 1. The Labute approximate surface area is 123 Å². The summed E-state index contributed by atoms with van der Waals surface area (Å²) in [6.07, 6.45) is 2.65. The van der Waals surface area contributed by atoms with Gasteiger partial charge in [-0.1, -0.05) is 12.1 Å². The molecule has 0 radical (unpaired) electrons. The zero-order valence-electron chi connectivity index (χ0n) is 11.7. The molecule has 0 saturated heterocycles. The van der Waals surface area contributed by atoms with E-state index < -0.39 is 0 Å². The normalized spacial score (nSPS) is 14.5. The molecule has 0 aliphatic heterocycles. The van der Waals surface area contributed by atoms with E-state index in [-0.39, 0.29) is 0 Å². The molecular weight excluding hydrogens is 262 g/mol. The van der Waals surface area contributed by atoms with Crippen LogP contribution in [0.25, 0.3) is 22.6 Å². The van der Waals surface area contributed by atoms with Gasteiger partial charge in [0.05, 0.1) is 11.4 Å². The monoisotopic (exact) mass is 279 g/mol. The summed E-state index contributed by atoms with van der Waals surface area (Å²) in [6.45, 7) is 1.01. The van der Waals surface area contributed by atoms with Gasteiger partial charge in [-0.2, -0.15) is 0 Å². The summed E-state index contributed by atoms with van der Waals surface area (Å²) in [5.74, 6) is 1.43. The number of rotatable bonds is 4. The molecule has 4 heteroatoms. The van der Waals surface area contributed by atoms with E-state index in [2.05, 4.69) is 10.3 Å². The highest BCUT2D eigenvalue weighted by Gasteiger charge is 2.21. The number of nitrogen functional groups attached to an aromatic ring is 1. The molecule has 0 spiro atoms. The average molecular weight is 279 g/mol. The van der Waals surface area contributed by atoms with Gasteiger partial charge in [-0.25, -0.2) is 4.98 Å². The van der Waals surface area contributed by atoms with Crippen molar-refractivity contribution >= 4 is 22.5 Å². The molecule has 1 fully saturated rings. The van der Waals surface area contributed by atoms with Crippen molar-refractivity contribution in [3.05, 3.63) is 42.5 Å². The van der Waals surface area contributed by atoms with Crippen molar-refractivity contribution in [2.45, 2.75) is 12.8 Å². The summed E-state index contributed by atoms with van der Waals surface area (Å²) in [6, 6.07) is 13.7. The summed E-state index contributed by atoms with van der Waals surface area (Å²) in [5, 5.41) is 3.40. The topological polar surface area (TPSA) is 64.1 Å². The number of aromatic nitrogens is 1. The van der Waals surface area contributed by atoms with E-state index in [4.69, 9.17) is 10.2 Å². The van der Waals surface area contributed by atoms with Gasteiger partial charge < -0.3 is 15.5 Å². The Bertz CT molecular complexity index is 757. The van der Waals surface area contributed by atoms with Crippen LogP contribution in [0, 0.1) is 5.92 Å². The first-order valence-corrected chi connectivity index (χ1v) is 7.29. The third kappa shape index (κ3) is 2.44. The van der Waals surface area contributed by atoms with E-state index in [0.29, 0.717) is 5.89 Å². The maximum Gasteiger partial charge on any atom is 0.227 e. The van der Waals surface area contributed by atoms with E-state index in [1.54, 1.807) is 0 Å². The molecule has 1 aliphatic rings. The number of oxazole rings is 1. The van der Waals surface area contributed by atoms with Gasteiger partial charge in [-0.05, 0) is 49.1 Å². The Morgan fingerprint density at radius 3 is 2.81 bits per heavy atom. The van der Waals surface area contributed by atoms with Gasteiger partial charge in [0, 0.05) is 12.1 Å². The molecular formula is C17H17N3O.